The fourth-order valence-corrected chi connectivity index (χ4v) is 1.09. The monoisotopic (exact) mass is 182 g/mol. The minimum absolute atomic E-state index is 0.326. The van der Waals surface area contributed by atoms with Gasteiger partial charge in [-0.2, -0.15) is 0 Å². The van der Waals surface area contributed by atoms with Crippen LogP contribution in [-0.2, 0) is 4.79 Å². The van der Waals surface area contributed by atoms with Crippen LogP contribution >= 0.6 is 0 Å². The highest BCUT2D eigenvalue weighted by atomic mass is 16.1. The van der Waals surface area contributed by atoms with E-state index in [1.807, 2.05) is 20.8 Å². The van der Waals surface area contributed by atoms with E-state index in [0.717, 1.165) is 18.4 Å². The SMILES string of the molecule is C=C(C)C(C)(C)C(=O)CCCCC. The van der Waals surface area contributed by atoms with Crippen molar-refractivity contribution in [2.24, 2.45) is 5.41 Å². The maximum atomic E-state index is 11.7. The summed E-state index contributed by atoms with van der Waals surface area (Å²) >= 11 is 0. The molecule has 0 aliphatic carbocycles. The predicted octanol–water partition coefficient (Wildman–Crippen LogP) is 3.74. The van der Waals surface area contributed by atoms with Crippen LogP contribution in [0.15, 0.2) is 12.2 Å². The van der Waals surface area contributed by atoms with Gasteiger partial charge in [-0.3, -0.25) is 4.79 Å². The molecule has 13 heavy (non-hydrogen) atoms. The largest absolute Gasteiger partial charge is 0.299 e. The standard InChI is InChI=1S/C12H22O/c1-6-7-8-9-11(13)12(4,5)10(2)3/h2,6-9H2,1,3-5H3. The molecule has 1 heteroatoms. The second-order valence-corrected chi connectivity index (χ2v) is 4.29. The van der Waals surface area contributed by atoms with Gasteiger partial charge in [-0.25, -0.2) is 0 Å². The fourth-order valence-electron chi connectivity index (χ4n) is 1.09. The molecule has 76 valence electrons. The molecular formula is C12H22O. The molecule has 0 aliphatic heterocycles. The zero-order valence-electron chi connectivity index (χ0n) is 9.44. The van der Waals surface area contributed by atoms with Crippen molar-refractivity contribution in [2.45, 2.75) is 53.4 Å². The molecule has 0 spiro atoms. The molecule has 1 nitrogen and oxygen atoms in total. The lowest BCUT2D eigenvalue weighted by Crippen LogP contribution is -2.24. The van der Waals surface area contributed by atoms with Crippen LogP contribution < -0.4 is 0 Å². The van der Waals surface area contributed by atoms with Crippen molar-refractivity contribution in [3.63, 3.8) is 0 Å². The van der Waals surface area contributed by atoms with Crippen LogP contribution in [0.3, 0.4) is 0 Å². The summed E-state index contributed by atoms with van der Waals surface area (Å²) in [7, 11) is 0. The highest BCUT2D eigenvalue weighted by Gasteiger charge is 2.26. The molecule has 0 saturated carbocycles. The van der Waals surface area contributed by atoms with Gasteiger partial charge in [-0.1, -0.05) is 31.9 Å². The van der Waals surface area contributed by atoms with Crippen LogP contribution in [0.5, 0.6) is 0 Å². The summed E-state index contributed by atoms with van der Waals surface area (Å²) in [6.45, 7) is 11.9. The summed E-state index contributed by atoms with van der Waals surface area (Å²) in [4.78, 5) is 11.7. The van der Waals surface area contributed by atoms with Crippen molar-refractivity contribution < 1.29 is 4.79 Å². The predicted molar refractivity (Wildman–Crippen MR) is 57.7 cm³/mol. The molecule has 0 rings (SSSR count). The average Bonchev–Trinajstić information content (AvgIpc) is 2.04. The first-order chi connectivity index (χ1) is 5.92. The van der Waals surface area contributed by atoms with Crippen LogP contribution in [0, 0.1) is 5.41 Å². The molecule has 0 fully saturated rings. The summed E-state index contributed by atoms with van der Waals surface area (Å²) in [6, 6.07) is 0. The normalized spacial score (nSPS) is 11.4. The molecule has 0 aliphatic rings. The van der Waals surface area contributed by atoms with Crippen LogP contribution in [-0.4, -0.2) is 5.78 Å². The topological polar surface area (TPSA) is 17.1 Å². The molecule has 0 heterocycles. The van der Waals surface area contributed by atoms with Crippen molar-refractivity contribution in [1.82, 2.24) is 0 Å². The third kappa shape index (κ3) is 3.75. The number of carbonyl (C=O) groups excluding carboxylic acids is 1. The molecule has 0 N–H and O–H groups in total. The Bertz CT molecular complexity index is 189. The third-order valence-corrected chi connectivity index (χ3v) is 2.77. The van der Waals surface area contributed by atoms with Gasteiger partial charge in [0, 0.05) is 11.8 Å². The molecular weight excluding hydrogens is 160 g/mol. The molecule has 0 amide bonds. The van der Waals surface area contributed by atoms with E-state index in [-0.39, 0.29) is 5.41 Å². The summed E-state index contributed by atoms with van der Waals surface area (Å²) in [5.74, 6) is 0.327. The first kappa shape index (κ1) is 12.4. The highest BCUT2D eigenvalue weighted by Crippen LogP contribution is 2.27. The zero-order chi connectivity index (χ0) is 10.5. The molecule has 0 aromatic carbocycles. The van der Waals surface area contributed by atoms with Crippen LogP contribution in [0.4, 0.5) is 0 Å². The summed E-state index contributed by atoms with van der Waals surface area (Å²) in [6.07, 6.45) is 4.04. The summed E-state index contributed by atoms with van der Waals surface area (Å²) < 4.78 is 0. The van der Waals surface area contributed by atoms with E-state index >= 15 is 0 Å². The quantitative estimate of drug-likeness (QED) is 0.452. The van der Waals surface area contributed by atoms with Gasteiger partial charge in [0.1, 0.15) is 5.78 Å². The van der Waals surface area contributed by atoms with E-state index in [0.29, 0.717) is 12.2 Å². The second kappa shape index (κ2) is 5.21. The number of hydrogen-bond acceptors (Lipinski definition) is 1. The van der Waals surface area contributed by atoms with Crippen molar-refractivity contribution >= 4 is 5.78 Å². The van der Waals surface area contributed by atoms with E-state index in [1.165, 1.54) is 6.42 Å². The number of Topliss-reactive ketones (excluding diaryl/α,β-unsaturated/α-hetero) is 1. The van der Waals surface area contributed by atoms with Crippen molar-refractivity contribution in [2.75, 3.05) is 0 Å². The zero-order valence-corrected chi connectivity index (χ0v) is 9.44. The Labute approximate surface area is 82.2 Å². The van der Waals surface area contributed by atoms with Gasteiger partial charge < -0.3 is 0 Å². The van der Waals surface area contributed by atoms with Crippen molar-refractivity contribution in [1.29, 1.82) is 0 Å². The molecule has 0 radical (unpaired) electrons. The number of hydrogen-bond donors (Lipinski definition) is 0. The smallest absolute Gasteiger partial charge is 0.142 e. The van der Waals surface area contributed by atoms with E-state index in [1.54, 1.807) is 0 Å². The van der Waals surface area contributed by atoms with E-state index in [9.17, 15) is 4.79 Å². The minimum atomic E-state index is -0.326. The van der Waals surface area contributed by atoms with Gasteiger partial charge in [0.15, 0.2) is 0 Å². The Morgan fingerprint density at radius 1 is 1.31 bits per heavy atom. The Kier molecular flexibility index (Phi) is 4.97. The lowest BCUT2D eigenvalue weighted by molar-refractivity contribution is -0.125. The summed E-state index contributed by atoms with van der Waals surface area (Å²) in [5, 5.41) is 0. The maximum absolute atomic E-state index is 11.7. The molecule has 0 atom stereocenters. The first-order valence-electron chi connectivity index (χ1n) is 5.12. The third-order valence-electron chi connectivity index (χ3n) is 2.77. The number of unbranched alkanes of at least 4 members (excludes halogenated alkanes) is 2. The highest BCUT2D eigenvalue weighted by molar-refractivity contribution is 5.86. The van der Waals surface area contributed by atoms with Crippen molar-refractivity contribution in [3.8, 4) is 0 Å². The first-order valence-corrected chi connectivity index (χ1v) is 5.12. The average molecular weight is 182 g/mol. The number of rotatable bonds is 6. The Morgan fingerprint density at radius 2 is 1.85 bits per heavy atom. The minimum Gasteiger partial charge on any atom is -0.299 e. The number of ketones is 1. The number of carbonyl (C=O) groups is 1. The maximum Gasteiger partial charge on any atom is 0.142 e. The summed E-state index contributed by atoms with van der Waals surface area (Å²) in [5.41, 5.74) is 0.641. The van der Waals surface area contributed by atoms with E-state index < -0.39 is 0 Å². The molecule has 0 bridgehead atoms. The Morgan fingerprint density at radius 3 is 2.23 bits per heavy atom. The van der Waals surface area contributed by atoms with Crippen molar-refractivity contribution in [3.05, 3.63) is 12.2 Å². The Hall–Kier alpha value is -0.590. The van der Waals surface area contributed by atoms with Crippen LogP contribution in [0.25, 0.3) is 0 Å². The van der Waals surface area contributed by atoms with E-state index in [2.05, 4.69) is 13.5 Å². The number of allylic oxidation sites excluding steroid dienone is 1. The fraction of sp³-hybridized carbons (Fsp3) is 0.750. The molecule has 0 aromatic rings. The Balaban J connectivity index is 4.03. The van der Waals surface area contributed by atoms with Crippen LogP contribution in [0.2, 0.25) is 0 Å². The second-order valence-electron chi connectivity index (χ2n) is 4.29. The lowest BCUT2D eigenvalue weighted by atomic mass is 9.80. The van der Waals surface area contributed by atoms with Gasteiger partial charge in [0.05, 0.1) is 0 Å². The molecule has 0 aromatic heterocycles. The van der Waals surface area contributed by atoms with Crippen LogP contribution in [0.1, 0.15) is 53.4 Å². The van der Waals surface area contributed by atoms with Gasteiger partial charge in [-0.15, -0.1) is 0 Å². The molecule has 0 unspecified atom stereocenters. The van der Waals surface area contributed by atoms with E-state index in [4.69, 9.17) is 0 Å². The van der Waals surface area contributed by atoms with Gasteiger partial charge >= 0.3 is 0 Å². The lowest BCUT2D eigenvalue weighted by Gasteiger charge is -2.23. The molecule has 0 saturated heterocycles. The van der Waals surface area contributed by atoms with Gasteiger partial charge in [-0.05, 0) is 27.2 Å². The van der Waals surface area contributed by atoms with Gasteiger partial charge in [0.2, 0.25) is 0 Å². The van der Waals surface area contributed by atoms with Gasteiger partial charge in [0.25, 0.3) is 0 Å².